The van der Waals surface area contributed by atoms with E-state index in [-0.39, 0.29) is 12.6 Å². The van der Waals surface area contributed by atoms with Gasteiger partial charge in [-0.25, -0.2) is 9.59 Å². The van der Waals surface area contributed by atoms with E-state index < -0.39 is 12.1 Å². The number of carbonyl (C=O) groups is 2. The second kappa shape index (κ2) is 5.69. The van der Waals surface area contributed by atoms with Crippen molar-refractivity contribution in [1.82, 2.24) is 10.2 Å². The maximum absolute atomic E-state index is 11.5. The van der Waals surface area contributed by atoms with E-state index in [9.17, 15) is 9.59 Å². The molecule has 0 aromatic carbocycles. The van der Waals surface area contributed by atoms with E-state index in [0.717, 1.165) is 6.54 Å². The molecule has 0 bridgehead atoms. The molecule has 1 saturated carbocycles. The minimum Gasteiger partial charge on any atom is -0.479 e. The highest BCUT2D eigenvalue weighted by atomic mass is 16.5. The van der Waals surface area contributed by atoms with Crippen LogP contribution in [0.2, 0.25) is 0 Å². The molecule has 92 valence electrons. The molecule has 0 heterocycles. The van der Waals surface area contributed by atoms with Gasteiger partial charge in [0.05, 0.1) is 6.54 Å². The Morgan fingerprint density at radius 3 is 2.62 bits per heavy atom. The zero-order valence-electron chi connectivity index (χ0n) is 9.60. The number of carbonyl (C=O) groups excluding carboxylic acids is 1. The molecule has 0 saturated heterocycles. The van der Waals surface area contributed by atoms with Crippen molar-refractivity contribution in [2.24, 2.45) is 5.92 Å². The van der Waals surface area contributed by atoms with Gasteiger partial charge in [0, 0.05) is 20.7 Å². The third kappa shape index (κ3) is 4.06. The summed E-state index contributed by atoms with van der Waals surface area (Å²) in [5.41, 5.74) is 0. The molecule has 1 atom stereocenters. The quantitative estimate of drug-likeness (QED) is 0.680. The number of methoxy groups -OCH3 is 1. The van der Waals surface area contributed by atoms with Crippen molar-refractivity contribution in [2.45, 2.75) is 18.9 Å². The predicted molar refractivity (Wildman–Crippen MR) is 57.2 cm³/mol. The first-order valence-corrected chi connectivity index (χ1v) is 5.29. The van der Waals surface area contributed by atoms with Crippen LogP contribution < -0.4 is 5.32 Å². The molecule has 6 nitrogen and oxygen atoms in total. The summed E-state index contributed by atoms with van der Waals surface area (Å²) in [6.45, 7) is 0.718. The molecule has 16 heavy (non-hydrogen) atoms. The minimum atomic E-state index is -1.08. The highest BCUT2D eigenvalue weighted by Crippen LogP contribution is 2.29. The van der Waals surface area contributed by atoms with E-state index in [2.05, 4.69) is 5.32 Å². The highest BCUT2D eigenvalue weighted by Gasteiger charge is 2.25. The summed E-state index contributed by atoms with van der Waals surface area (Å²) >= 11 is 0. The molecule has 1 fully saturated rings. The maximum atomic E-state index is 11.5. The molecule has 1 aliphatic rings. The summed E-state index contributed by atoms with van der Waals surface area (Å²) in [4.78, 5) is 23.7. The monoisotopic (exact) mass is 230 g/mol. The maximum Gasteiger partial charge on any atom is 0.334 e. The number of amides is 2. The first-order chi connectivity index (χ1) is 7.54. The molecule has 0 aromatic rings. The van der Waals surface area contributed by atoms with E-state index in [0.29, 0.717) is 5.92 Å². The van der Waals surface area contributed by atoms with Gasteiger partial charge < -0.3 is 20.1 Å². The summed E-state index contributed by atoms with van der Waals surface area (Å²) in [6, 6.07) is -0.254. The average Bonchev–Trinajstić information content (AvgIpc) is 3.01. The summed E-state index contributed by atoms with van der Waals surface area (Å²) < 4.78 is 4.70. The second-order valence-corrected chi connectivity index (χ2v) is 4.07. The number of nitrogens with one attached hydrogen (secondary N) is 1. The van der Waals surface area contributed by atoms with Gasteiger partial charge in [0.15, 0.2) is 6.10 Å². The zero-order chi connectivity index (χ0) is 12.1. The lowest BCUT2D eigenvalue weighted by Gasteiger charge is -2.19. The van der Waals surface area contributed by atoms with Gasteiger partial charge in [-0.15, -0.1) is 0 Å². The topological polar surface area (TPSA) is 78.9 Å². The van der Waals surface area contributed by atoms with Crippen molar-refractivity contribution in [3.63, 3.8) is 0 Å². The van der Waals surface area contributed by atoms with Gasteiger partial charge in [-0.2, -0.15) is 0 Å². The smallest absolute Gasteiger partial charge is 0.334 e. The lowest BCUT2D eigenvalue weighted by Crippen LogP contribution is -2.44. The summed E-state index contributed by atoms with van der Waals surface area (Å²) in [5.74, 6) is -0.457. The van der Waals surface area contributed by atoms with Crippen LogP contribution in [0.1, 0.15) is 12.8 Å². The molecule has 1 unspecified atom stereocenters. The van der Waals surface area contributed by atoms with Crippen molar-refractivity contribution in [3.8, 4) is 0 Å². The molecular formula is C10H18N2O4. The largest absolute Gasteiger partial charge is 0.479 e. The van der Waals surface area contributed by atoms with Gasteiger partial charge >= 0.3 is 12.0 Å². The van der Waals surface area contributed by atoms with Crippen LogP contribution in [0.5, 0.6) is 0 Å². The predicted octanol–water partition coefficient (Wildman–Crippen LogP) is 0.137. The molecule has 1 rings (SSSR count). The van der Waals surface area contributed by atoms with Gasteiger partial charge in [0.2, 0.25) is 0 Å². The number of rotatable bonds is 6. The first kappa shape index (κ1) is 12.8. The summed E-state index contributed by atoms with van der Waals surface area (Å²) in [6.07, 6.45) is 1.36. The van der Waals surface area contributed by atoms with Gasteiger partial charge in [0.25, 0.3) is 0 Å². The molecule has 6 heteroatoms. The number of carboxylic acid groups (broad SMARTS) is 1. The number of ether oxygens (including phenoxy) is 1. The molecule has 0 radical (unpaired) electrons. The van der Waals surface area contributed by atoms with Gasteiger partial charge in [-0.3, -0.25) is 0 Å². The molecule has 0 aromatic heterocycles. The van der Waals surface area contributed by atoms with Gasteiger partial charge in [0.1, 0.15) is 0 Å². The number of urea groups is 1. The van der Waals surface area contributed by atoms with Crippen LogP contribution in [0.15, 0.2) is 0 Å². The van der Waals surface area contributed by atoms with Crippen LogP contribution in [0, 0.1) is 5.92 Å². The fraction of sp³-hybridized carbons (Fsp3) is 0.800. The lowest BCUT2D eigenvalue weighted by molar-refractivity contribution is -0.148. The standard InChI is InChI=1S/C10H18N2O4/c1-12(6-7-3-4-7)10(15)11-5-8(16-2)9(13)14/h7-8H,3-6H2,1-2H3,(H,11,15)(H,13,14). The fourth-order valence-electron chi connectivity index (χ4n) is 1.36. The number of aliphatic carboxylic acids is 1. The van der Waals surface area contributed by atoms with Crippen LogP contribution in [-0.4, -0.2) is 55.4 Å². The highest BCUT2D eigenvalue weighted by molar-refractivity contribution is 5.76. The molecule has 2 N–H and O–H groups in total. The SMILES string of the molecule is COC(CNC(=O)N(C)CC1CC1)C(=O)O. The van der Waals surface area contributed by atoms with E-state index in [1.54, 1.807) is 11.9 Å². The van der Waals surface area contributed by atoms with Crippen LogP contribution in [0.4, 0.5) is 4.79 Å². The minimum absolute atomic E-state index is 0.0142. The van der Waals surface area contributed by atoms with Crippen LogP contribution >= 0.6 is 0 Å². The lowest BCUT2D eigenvalue weighted by atomic mass is 10.3. The van der Waals surface area contributed by atoms with E-state index >= 15 is 0 Å². The fourth-order valence-corrected chi connectivity index (χ4v) is 1.36. The Morgan fingerprint density at radius 1 is 1.56 bits per heavy atom. The Hall–Kier alpha value is -1.30. The van der Waals surface area contributed by atoms with Crippen molar-refractivity contribution >= 4 is 12.0 Å². The molecule has 0 aliphatic heterocycles. The average molecular weight is 230 g/mol. The van der Waals surface area contributed by atoms with Crippen molar-refractivity contribution in [2.75, 3.05) is 27.2 Å². The third-order valence-corrected chi connectivity index (χ3v) is 2.57. The van der Waals surface area contributed by atoms with E-state index in [1.807, 2.05) is 0 Å². The molecule has 1 aliphatic carbocycles. The third-order valence-electron chi connectivity index (χ3n) is 2.57. The number of nitrogens with zero attached hydrogens (tertiary/aromatic N) is 1. The van der Waals surface area contributed by atoms with E-state index in [1.165, 1.54) is 20.0 Å². The Bertz CT molecular complexity index is 266. The molecule has 0 spiro atoms. The molecule has 2 amide bonds. The molecular weight excluding hydrogens is 212 g/mol. The van der Waals surface area contributed by atoms with Crippen molar-refractivity contribution in [1.29, 1.82) is 0 Å². The number of hydrogen-bond acceptors (Lipinski definition) is 3. The normalized spacial score (nSPS) is 16.6. The van der Waals surface area contributed by atoms with Crippen LogP contribution in [0.3, 0.4) is 0 Å². The van der Waals surface area contributed by atoms with Gasteiger partial charge in [-0.1, -0.05) is 0 Å². The number of hydrogen-bond donors (Lipinski definition) is 2. The first-order valence-electron chi connectivity index (χ1n) is 5.29. The number of carboxylic acids is 1. The second-order valence-electron chi connectivity index (χ2n) is 4.07. The van der Waals surface area contributed by atoms with Gasteiger partial charge in [-0.05, 0) is 18.8 Å². The van der Waals surface area contributed by atoms with Crippen LogP contribution in [-0.2, 0) is 9.53 Å². The zero-order valence-corrected chi connectivity index (χ0v) is 9.60. The van der Waals surface area contributed by atoms with Crippen molar-refractivity contribution in [3.05, 3.63) is 0 Å². The van der Waals surface area contributed by atoms with Crippen LogP contribution in [0.25, 0.3) is 0 Å². The Balaban J connectivity index is 2.24. The van der Waals surface area contributed by atoms with E-state index in [4.69, 9.17) is 9.84 Å². The Morgan fingerprint density at radius 2 is 2.19 bits per heavy atom. The summed E-state index contributed by atoms with van der Waals surface area (Å²) in [5, 5.41) is 11.2. The Labute approximate surface area is 94.6 Å². The van der Waals surface area contributed by atoms with Crippen molar-refractivity contribution < 1.29 is 19.4 Å². The summed E-state index contributed by atoms with van der Waals surface area (Å²) in [7, 11) is 3.01. The Kier molecular flexibility index (Phi) is 4.54.